The fraction of sp³-hybridized carbons (Fsp3) is 0.467. The predicted molar refractivity (Wildman–Crippen MR) is 73.3 cm³/mol. The van der Waals surface area contributed by atoms with Crippen LogP contribution in [0.5, 0.6) is 5.75 Å². The van der Waals surface area contributed by atoms with Crippen molar-refractivity contribution in [3.8, 4) is 5.75 Å². The highest BCUT2D eigenvalue weighted by Crippen LogP contribution is 2.27. The Kier molecular flexibility index (Phi) is 3.77. The van der Waals surface area contributed by atoms with Crippen molar-refractivity contribution in [1.29, 1.82) is 0 Å². The van der Waals surface area contributed by atoms with E-state index in [1.807, 2.05) is 0 Å². The lowest BCUT2D eigenvalue weighted by Crippen LogP contribution is -2.34. The first-order chi connectivity index (χ1) is 10.2. The van der Waals surface area contributed by atoms with E-state index in [0.717, 1.165) is 12.8 Å². The first-order valence-electron chi connectivity index (χ1n) is 7.17. The molecule has 0 aromatic heterocycles. The van der Waals surface area contributed by atoms with Gasteiger partial charge in [0, 0.05) is 13.1 Å². The van der Waals surface area contributed by atoms with Crippen molar-refractivity contribution >= 4 is 11.9 Å². The van der Waals surface area contributed by atoms with E-state index in [1.165, 1.54) is 17.0 Å². The number of ether oxygens (including phenoxy) is 1. The number of halogens is 1. The Morgan fingerprint density at radius 1 is 1.24 bits per heavy atom. The summed E-state index contributed by atoms with van der Waals surface area (Å²) in [5.41, 5.74) is 0. The fourth-order valence-electron chi connectivity index (χ4n) is 2.83. The third-order valence-electron chi connectivity index (χ3n) is 3.89. The second-order valence-electron chi connectivity index (χ2n) is 5.28. The summed E-state index contributed by atoms with van der Waals surface area (Å²) >= 11 is 0. The predicted octanol–water partition coefficient (Wildman–Crippen LogP) is 2.02. The van der Waals surface area contributed by atoms with Gasteiger partial charge in [-0.15, -0.1) is 0 Å². The maximum Gasteiger partial charge on any atom is 0.327 e. The van der Waals surface area contributed by atoms with Gasteiger partial charge in [0.25, 0.3) is 5.91 Å². The number of carbonyl (C=O) groups excluding carboxylic acids is 2. The summed E-state index contributed by atoms with van der Waals surface area (Å²) in [7, 11) is 0. The minimum absolute atomic E-state index is 0.0840. The van der Waals surface area contributed by atoms with Gasteiger partial charge < -0.3 is 9.64 Å². The highest BCUT2D eigenvalue weighted by atomic mass is 19.1. The van der Waals surface area contributed by atoms with E-state index >= 15 is 0 Å². The van der Waals surface area contributed by atoms with Gasteiger partial charge in [-0.25, -0.2) is 9.18 Å². The van der Waals surface area contributed by atoms with E-state index in [4.69, 9.17) is 4.74 Å². The molecule has 1 unspecified atom stereocenters. The monoisotopic (exact) mass is 292 g/mol. The normalized spacial score (nSPS) is 21.1. The number of amides is 3. The molecule has 0 radical (unpaired) electrons. The Labute approximate surface area is 122 Å². The molecule has 6 heteroatoms. The van der Waals surface area contributed by atoms with Gasteiger partial charge in [-0.05, 0) is 43.5 Å². The number of fused-ring (bicyclic) bond motifs is 1. The molecule has 1 atom stereocenters. The Morgan fingerprint density at radius 2 is 2.00 bits per heavy atom. The molecule has 3 rings (SSSR count). The lowest BCUT2D eigenvalue weighted by Gasteiger charge is -2.15. The standard InChI is InChI=1S/C15H17FN2O3/c16-11-4-6-12(7-5-11)21-10-2-9-18-14(19)13-3-1-8-17(13)15(18)20/h4-7,13H,1-3,8-10H2. The number of imide groups is 1. The summed E-state index contributed by atoms with van der Waals surface area (Å²) in [6, 6.07) is 5.35. The maximum absolute atomic E-state index is 12.7. The van der Waals surface area contributed by atoms with Crippen molar-refractivity contribution in [1.82, 2.24) is 9.80 Å². The van der Waals surface area contributed by atoms with E-state index in [1.54, 1.807) is 17.0 Å². The van der Waals surface area contributed by atoms with Crippen LogP contribution in [0.1, 0.15) is 19.3 Å². The molecule has 0 spiro atoms. The van der Waals surface area contributed by atoms with Crippen molar-refractivity contribution < 1.29 is 18.7 Å². The minimum Gasteiger partial charge on any atom is -0.494 e. The average molecular weight is 292 g/mol. The van der Waals surface area contributed by atoms with Crippen LogP contribution in [-0.4, -0.2) is 47.5 Å². The number of urea groups is 1. The van der Waals surface area contributed by atoms with Crippen LogP contribution in [0.3, 0.4) is 0 Å². The molecule has 2 heterocycles. The molecule has 1 aromatic carbocycles. The Balaban J connectivity index is 1.46. The third-order valence-corrected chi connectivity index (χ3v) is 3.89. The lowest BCUT2D eigenvalue weighted by atomic mass is 10.2. The summed E-state index contributed by atoms with van der Waals surface area (Å²) in [6.07, 6.45) is 2.24. The Morgan fingerprint density at radius 3 is 2.71 bits per heavy atom. The van der Waals surface area contributed by atoms with Crippen LogP contribution >= 0.6 is 0 Å². The largest absolute Gasteiger partial charge is 0.494 e. The molecule has 2 saturated heterocycles. The van der Waals surface area contributed by atoms with Gasteiger partial charge in [0.1, 0.15) is 17.6 Å². The van der Waals surface area contributed by atoms with E-state index in [-0.39, 0.29) is 23.8 Å². The molecule has 0 N–H and O–H groups in total. The molecule has 2 fully saturated rings. The molecule has 21 heavy (non-hydrogen) atoms. The van der Waals surface area contributed by atoms with Crippen LogP contribution in [-0.2, 0) is 4.79 Å². The number of carbonyl (C=O) groups is 2. The molecule has 0 bridgehead atoms. The van der Waals surface area contributed by atoms with Gasteiger partial charge in [-0.1, -0.05) is 0 Å². The highest BCUT2D eigenvalue weighted by molar-refractivity contribution is 6.04. The van der Waals surface area contributed by atoms with E-state index in [2.05, 4.69) is 0 Å². The van der Waals surface area contributed by atoms with Crippen molar-refractivity contribution in [2.75, 3.05) is 19.7 Å². The second kappa shape index (κ2) is 5.71. The van der Waals surface area contributed by atoms with Gasteiger partial charge in [0.05, 0.1) is 6.61 Å². The van der Waals surface area contributed by atoms with Gasteiger partial charge in [-0.2, -0.15) is 0 Å². The number of hydrogen-bond acceptors (Lipinski definition) is 3. The topological polar surface area (TPSA) is 49.9 Å². The van der Waals surface area contributed by atoms with E-state index in [9.17, 15) is 14.0 Å². The molecule has 0 aliphatic carbocycles. The Bertz CT molecular complexity index is 524. The number of benzene rings is 1. The van der Waals surface area contributed by atoms with Gasteiger partial charge in [-0.3, -0.25) is 9.69 Å². The van der Waals surface area contributed by atoms with Crippen molar-refractivity contribution in [3.05, 3.63) is 30.1 Å². The van der Waals surface area contributed by atoms with Crippen LogP contribution < -0.4 is 4.74 Å². The fourth-order valence-corrected chi connectivity index (χ4v) is 2.83. The van der Waals surface area contributed by atoms with Crippen molar-refractivity contribution in [2.24, 2.45) is 0 Å². The number of nitrogens with zero attached hydrogens (tertiary/aromatic N) is 2. The molecular weight excluding hydrogens is 275 g/mol. The van der Waals surface area contributed by atoms with E-state index < -0.39 is 0 Å². The molecule has 2 aliphatic rings. The quantitative estimate of drug-likeness (QED) is 0.616. The molecule has 112 valence electrons. The zero-order valence-electron chi connectivity index (χ0n) is 11.6. The van der Waals surface area contributed by atoms with Crippen LogP contribution in [0.4, 0.5) is 9.18 Å². The summed E-state index contributed by atoms with van der Waals surface area (Å²) in [6.45, 7) is 1.43. The van der Waals surface area contributed by atoms with Crippen LogP contribution in [0.2, 0.25) is 0 Å². The summed E-state index contributed by atoms with van der Waals surface area (Å²) in [5.74, 6) is 0.187. The molecule has 0 saturated carbocycles. The minimum atomic E-state index is -0.309. The zero-order chi connectivity index (χ0) is 14.8. The average Bonchev–Trinajstić information content (AvgIpc) is 3.04. The van der Waals surface area contributed by atoms with Crippen LogP contribution in [0.15, 0.2) is 24.3 Å². The third kappa shape index (κ3) is 2.70. The number of rotatable bonds is 5. The maximum atomic E-state index is 12.7. The number of hydrogen-bond donors (Lipinski definition) is 0. The van der Waals surface area contributed by atoms with Crippen molar-refractivity contribution in [2.45, 2.75) is 25.3 Å². The molecule has 2 aliphatic heterocycles. The summed E-state index contributed by atoms with van der Waals surface area (Å²) in [5, 5.41) is 0. The van der Waals surface area contributed by atoms with Gasteiger partial charge >= 0.3 is 6.03 Å². The summed E-state index contributed by atoms with van der Waals surface area (Å²) < 4.78 is 18.2. The van der Waals surface area contributed by atoms with Gasteiger partial charge in [0.2, 0.25) is 0 Å². The SMILES string of the molecule is O=C1C2CCCN2C(=O)N1CCCOc1ccc(F)cc1. The van der Waals surface area contributed by atoms with Gasteiger partial charge in [0.15, 0.2) is 0 Å². The van der Waals surface area contributed by atoms with Crippen LogP contribution in [0, 0.1) is 5.82 Å². The molecule has 5 nitrogen and oxygen atoms in total. The summed E-state index contributed by atoms with van der Waals surface area (Å²) in [4.78, 5) is 27.1. The highest BCUT2D eigenvalue weighted by Gasteiger charge is 2.46. The molecule has 3 amide bonds. The zero-order valence-corrected chi connectivity index (χ0v) is 11.6. The molecule has 1 aromatic rings. The Hall–Kier alpha value is -2.11. The first-order valence-corrected chi connectivity index (χ1v) is 7.17. The first kappa shape index (κ1) is 13.9. The van der Waals surface area contributed by atoms with Crippen molar-refractivity contribution in [3.63, 3.8) is 0 Å². The second-order valence-corrected chi connectivity index (χ2v) is 5.28. The molecular formula is C15H17FN2O3. The van der Waals surface area contributed by atoms with Crippen LogP contribution in [0.25, 0.3) is 0 Å². The lowest BCUT2D eigenvalue weighted by molar-refractivity contribution is -0.128. The smallest absolute Gasteiger partial charge is 0.327 e. The van der Waals surface area contributed by atoms with E-state index in [0.29, 0.717) is 31.9 Å².